The Labute approximate surface area is 217 Å². The summed E-state index contributed by atoms with van der Waals surface area (Å²) in [6.45, 7) is 11.1. The number of fused-ring (bicyclic) bond motifs is 1. The second kappa shape index (κ2) is 9.72. The van der Waals surface area contributed by atoms with Crippen LogP contribution in [0.15, 0.2) is 52.7 Å². The Bertz CT molecular complexity index is 1370. The molecule has 1 aliphatic rings. The number of benzene rings is 2. The molecular weight excluding hydrogens is 495 g/mol. The lowest BCUT2D eigenvalue weighted by molar-refractivity contribution is -0.134. The molecule has 2 heterocycles. The van der Waals surface area contributed by atoms with E-state index in [2.05, 4.69) is 0 Å². The van der Waals surface area contributed by atoms with Crippen molar-refractivity contribution in [3.05, 3.63) is 86.4 Å². The normalized spacial score (nSPS) is 16.3. The van der Waals surface area contributed by atoms with E-state index in [9.17, 15) is 17.6 Å². The molecule has 1 aliphatic heterocycles. The van der Waals surface area contributed by atoms with E-state index in [1.54, 1.807) is 63.0 Å². The topological polar surface area (TPSA) is 57.7 Å². The average molecular weight is 529 g/mol. The first kappa shape index (κ1) is 26.5. The van der Waals surface area contributed by atoms with Gasteiger partial charge in [0.05, 0.1) is 17.5 Å². The van der Waals surface area contributed by atoms with E-state index in [0.717, 1.165) is 16.7 Å². The molecule has 0 aliphatic carbocycles. The summed E-state index contributed by atoms with van der Waals surface area (Å²) in [7, 11) is -3.97. The molecule has 4 rings (SSSR count). The molecule has 1 atom stereocenters. The van der Waals surface area contributed by atoms with Crippen molar-refractivity contribution in [2.45, 2.75) is 64.4 Å². The predicted octanol–water partition coefficient (Wildman–Crippen LogP) is 5.78. The number of carbonyl (C=O) groups is 1. The first-order chi connectivity index (χ1) is 16.8. The minimum atomic E-state index is -3.97. The minimum Gasteiger partial charge on any atom is -0.330 e. The molecule has 1 amide bonds. The Morgan fingerprint density at radius 2 is 1.69 bits per heavy atom. The van der Waals surface area contributed by atoms with Crippen molar-refractivity contribution in [1.29, 1.82) is 0 Å². The van der Waals surface area contributed by atoms with Crippen LogP contribution >= 0.6 is 11.3 Å². The van der Waals surface area contributed by atoms with Crippen LogP contribution in [0, 0.1) is 26.6 Å². The van der Waals surface area contributed by atoms with Crippen LogP contribution in [0.5, 0.6) is 0 Å². The lowest BCUT2D eigenvalue weighted by atomic mass is 9.93. The monoisotopic (exact) mass is 528 g/mol. The van der Waals surface area contributed by atoms with Gasteiger partial charge in [-0.2, -0.15) is 4.31 Å². The van der Waals surface area contributed by atoms with E-state index in [1.165, 1.54) is 21.3 Å². The van der Waals surface area contributed by atoms with Crippen LogP contribution < -0.4 is 0 Å². The highest BCUT2D eigenvalue weighted by molar-refractivity contribution is 7.89. The molecule has 2 aromatic carbocycles. The molecule has 1 unspecified atom stereocenters. The molecule has 0 saturated heterocycles. The van der Waals surface area contributed by atoms with E-state index in [4.69, 9.17) is 0 Å². The largest absolute Gasteiger partial charge is 0.330 e. The quantitative estimate of drug-likeness (QED) is 0.422. The molecule has 8 heteroatoms. The van der Waals surface area contributed by atoms with Crippen LogP contribution in [-0.4, -0.2) is 42.2 Å². The summed E-state index contributed by atoms with van der Waals surface area (Å²) in [4.78, 5) is 17.1. The summed E-state index contributed by atoms with van der Waals surface area (Å²) in [5.74, 6) is -0.617. The third-order valence-corrected chi connectivity index (χ3v) is 10.1. The first-order valence-electron chi connectivity index (χ1n) is 12.0. The molecule has 0 radical (unpaired) electrons. The maximum atomic E-state index is 14.0. The number of aryl methyl sites for hydroxylation is 3. The van der Waals surface area contributed by atoms with Gasteiger partial charge < -0.3 is 4.90 Å². The molecule has 1 aromatic heterocycles. The van der Waals surface area contributed by atoms with Crippen LogP contribution in [0.1, 0.15) is 59.5 Å². The standard InChI is InChI=1S/C28H33FN2O3S2/c1-18-15-19(2)27(20(3)16-18)36(33,34)31(28(4,5)6)17-25(32)30-13-11-24-23(12-14-35-24)26(30)21-7-9-22(29)10-8-21/h7-10,12,14-16,26H,11,13,17H2,1-6H3. The SMILES string of the molecule is Cc1cc(C)c(S(=O)(=O)N(CC(=O)N2CCc3sccc3C2c2ccc(F)cc2)C(C)(C)C)c(C)c1. The first-order valence-corrected chi connectivity index (χ1v) is 14.3. The number of rotatable bonds is 5. The summed E-state index contributed by atoms with van der Waals surface area (Å²) < 4.78 is 43.0. The summed E-state index contributed by atoms with van der Waals surface area (Å²) in [5, 5.41) is 2.00. The zero-order valence-corrected chi connectivity index (χ0v) is 23.3. The number of nitrogens with zero attached hydrogens (tertiary/aromatic N) is 2. The highest BCUT2D eigenvalue weighted by Gasteiger charge is 2.40. The summed E-state index contributed by atoms with van der Waals surface area (Å²) in [6.07, 6.45) is 0.703. The second-order valence-electron chi connectivity index (χ2n) is 10.5. The van der Waals surface area contributed by atoms with Gasteiger partial charge in [-0.1, -0.05) is 29.8 Å². The molecule has 3 aromatic rings. The Hall–Kier alpha value is -2.55. The lowest BCUT2D eigenvalue weighted by Crippen LogP contribution is -2.52. The Morgan fingerprint density at radius 3 is 2.28 bits per heavy atom. The van der Waals surface area contributed by atoms with Crippen LogP contribution in [0.25, 0.3) is 0 Å². The van der Waals surface area contributed by atoms with Crippen LogP contribution in [-0.2, 0) is 21.2 Å². The van der Waals surface area contributed by atoms with Gasteiger partial charge in [-0.25, -0.2) is 12.8 Å². The van der Waals surface area contributed by atoms with Gasteiger partial charge in [0.2, 0.25) is 15.9 Å². The fraction of sp³-hybridized carbons (Fsp3) is 0.393. The third-order valence-electron chi connectivity index (χ3n) is 6.65. The average Bonchev–Trinajstić information content (AvgIpc) is 3.24. The molecule has 0 bridgehead atoms. The highest BCUT2D eigenvalue weighted by Crippen LogP contribution is 2.38. The van der Waals surface area contributed by atoms with Crippen molar-refractivity contribution in [3.8, 4) is 0 Å². The van der Waals surface area contributed by atoms with Crippen molar-refractivity contribution in [3.63, 3.8) is 0 Å². The Kier molecular flexibility index (Phi) is 7.16. The molecule has 0 saturated carbocycles. The molecule has 5 nitrogen and oxygen atoms in total. The number of amides is 1. The summed E-state index contributed by atoms with van der Waals surface area (Å²) in [6, 6.07) is 11.5. The number of carbonyl (C=O) groups excluding carboxylic acids is 1. The van der Waals surface area contributed by atoms with E-state index < -0.39 is 15.6 Å². The second-order valence-corrected chi connectivity index (χ2v) is 13.3. The number of thiophene rings is 1. The zero-order valence-electron chi connectivity index (χ0n) is 21.6. The van der Waals surface area contributed by atoms with Gasteiger partial charge in [0.25, 0.3) is 0 Å². The lowest BCUT2D eigenvalue weighted by Gasteiger charge is -2.40. The molecule has 0 N–H and O–H groups in total. The molecule has 36 heavy (non-hydrogen) atoms. The third kappa shape index (κ3) is 4.99. The van der Waals surface area contributed by atoms with Crippen LogP contribution in [0.3, 0.4) is 0 Å². The number of hydrogen-bond acceptors (Lipinski definition) is 4. The van der Waals surface area contributed by atoms with Crippen molar-refractivity contribution in [1.82, 2.24) is 9.21 Å². The van der Waals surface area contributed by atoms with Crippen molar-refractivity contribution in [2.75, 3.05) is 13.1 Å². The van der Waals surface area contributed by atoms with Gasteiger partial charge in [0.15, 0.2) is 0 Å². The Balaban J connectivity index is 1.73. The molecule has 0 fully saturated rings. The van der Waals surface area contributed by atoms with E-state index in [1.807, 2.05) is 30.5 Å². The van der Waals surface area contributed by atoms with E-state index in [0.29, 0.717) is 24.1 Å². The zero-order chi connectivity index (χ0) is 26.4. The number of sulfonamides is 1. The fourth-order valence-corrected chi connectivity index (χ4v) is 8.23. The maximum Gasteiger partial charge on any atom is 0.244 e. The number of halogens is 1. The van der Waals surface area contributed by atoms with Gasteiger partial charge >= 0.3 is 0 Å². The molecule has 0 spiro atoms. The van der Waals surface area contributed by atoms with Gasteiger partial charge in [0.1, 0.15) is 5.82 Å². The molecule has 192 valence electrons. The van der Waals surface area contributed by atoms with Gasteiger partial charge in [-0.05, 0) is 93.8 Å². The van der Waals surface area contributed by atoms with Crippen LogP contribution in [0.4, 0.5) is 4.39 Å². The minimum absolute atomic E-state index is 0.254. The Morgan fingerprint density at radius 1 is 1.08 bits per heavy atom. The van der Waals surface area contributed by atoms with Gasteiger partial charge in [0, 0.05) is 17.0 Å². The van der Waals surface area contributed by atoms with Gasteiger partial charge in [-0.15, -0.1) is 11.3 Å². The van der Waals surface area contributed by atoms with Crippen molar-refractivity contribution < 1.29 is 17.6 Å². The van der Waals surface area contributed by atoms with E-state index >= 15 is 0 Å². The van der Waals surface area contributed by atoms with Gasteiger partial charge in [-0.3, -0.25) is 4.79 Å². The maximum absolute atomic E-state index is 14.0. The van der Waals surface area contributed by atoms with Crippen LogP contribution in [0.2, 0.25) is 0 Å². The smallest absolute Gasteiger partial charge is 0.244 e. The summed E-state index contributed by atoms with van der Waals surface area (Å²) >= 11 is 1.65. The summed E-state index contributed by atoms with van der Waals surface area (Å²) in [5.41, 5.74) is 3.32. The van der Waals surface area contributed by atoms with Crippen molar-refractivity contribution >= 4 is 27.3 Å². The van der Waals surface area contributed by atoms with E-state index in [-0.39, 0.29) is 29.2 Å². The fourth-order valence-electron chi connectivity index (χ4n) is 5.17. The number of hydrogen-bond donors (Lipinski definition) is 0. The highest BCUT2D eigenvalue weighted by atomic mass is 32.2. The predicted molar refractivity (Wildman–Crippen MR) is 142 cm³/mol. The molecular formula is C28H33FN2O3S2. The van der Waals surface area contributed by atoms with Crippen molar-refractivity contribution in [2.24, 2.45) is 0 Å².